The summed E-state index contributed by atoms with van der Waals surface area (Å²) >= 11 is 1.48. The number of amides is 1. The average Bonchev–Trinajstić information content (AvgIpc) is 3.41. The van der Waals surface area contributed by atoms with Crippen molar-refractivity contribution in [3.05, 3.63) is 59.3 Å². The standard InChI is InChI=1S/C22H22N2O6S/c1-3-28-21(27)13-24(16-8-5-4-6-9-16)19(25)14-29-20(26)12-17-15(2)30-22(23-17)18-10-7-11-31-18/h4-11H,3,12-14H2,1-2H3. The van der Waals surface area contributed by atoms with Gasteiger partial charge in [0, 0.05) is 5.69 Å². The van der Waals surface area contributed by atoms with Crippen molar-refractivity contribution in [2.24, 2.45) is 0 Å². The number of esters is 2. The molecule has 8 nitrogen and oxygen atoms in total. The van der Waals surface area contributed by atoms with E-state index in [9.17, 15) is 14.4 Å². The number of hydrogen-bond donors (Lipinski definition) is 0. The molecular formula is C22H22N2O6S. The van der Waals surface area contributed by atoms with Gasteiger partial charge in [-0.2, -0.15) is 0 Å². The maximum absolute atomic E-state index is 12.7. The van der Waals surface area contributed by atoms with Crippen molar-refractivity contribution in [1.29, 1.82) is 0 Å². The quantitative estimate of drug-likeness (QED) is 0.468. The van der Waals surface area contributed by atoms with Crippen molar-refractivity contribution in [2.75, 3.05) is 24.7 Å². The van der Waals surface area contributed by atoms with Gasteiger partial charge in [0.15, 0.2) is 6.61 Å². The Balaban J connectivity index is 1.61. The van der Waals surface area contributed by atoms with Gasteiger partial charge in [0.1, 0.15) is 12.3 Å². The summed E-state index contributed by atoms with van der Waals surface area (Å²) in [4.78, 5) is 43.3. The number of ether oxygens (including phenoxy) is 2. The third kappa shape index (κ3) is 6.02. The summed E-state index contributed by atoms with van der Waals surface area (Å²) in [5.74, 6) is -0.753. The molecule has 0 saturated heterocycles. The molecule has 9 heteroatoms. The Morgan fingerprint density at radius 2 is 1.84 bits per heavy atom. The zero-order valence-electron chi connectivity index (χ0n) is 17.2. The molecule has 0 unspecified atom stereocenters. The molecule has 2 aromatic heterocycles. The molecule has 2 heterocycles. The second kappa shape index (κ2) is 10.5. The van der Waals surface area contributed by atoms with E-state index in [0.717, 1.165) is 4.88 Å². The van der Waals surface area contributed by atoms with Gasteiger partial charge in [-0.25, -0.2) is 4.98 Å². The molecule has 0 spiro atoms. The van der Waals surface area contributed by atoms with Crippen LogP contribution in [0.25, 0.3) is 10.8 Å². The van der Waals surface area contributed by atoms with Crippen LogP contribution in [0, 0.1) is 6.92 Å². The number of carbonyl (C=O) groups excluding carboxylic acids is 3. The Kier molecular flexibility index (Phi) is 7.55. The van der Waals surface area contributed by atoms with Crippen molar-refractivity contribution < 1.29 is 28.3 Å². The highest BCUT2D eigenvalue weighted by atomic mass is 32.1. The number of oxazole rings is 1. The molecule has 0 aliphatic carbocycles. The lowest BCUT2D eigenvalue weighted by Crippen LogP contribution is -2.39. The first-order valence-corrected chi connectivity index (χ1v) is 10.5. The molecule has 0 aliphatic heterocycles. The number of para-hydroxylation sites is 1. The van der Waals surface area contributed by atoms with E-state index in [4.69, 9.17) is 13.9 Å². The fourth-order valence-corrected chi connectivity index (χ4v) is 3.42. The number of benzene rings is 1. The third-order valence-corrected chi connectivity index (χ3v) is 5.11. The Bertz CT molecular complexity index is 1030. The van der Waals surface area contributed by atoms with E-state index in [1.165, 1.54) is 16.2 Å². The van der Waals surface area contributed by atoms with Gasteiger partial charge in [-0.05, 0) is 37.4 Å². The summed E-state index contributed by atoms with van der Waals surface area (Å²) in [7, 11) is 0. The summed E-state index contributed by atoms with van der Waals surface area (Å²) in [6, 6.07) is 12.4. The predicted molar refractivity (Wildman–Crippen MR) is 115 cm³/mol. The van der Waals surface area contributed by atoms with Crippen molar-refractivity contribution >= 4 is 34.9 Å². The number of hydrogen-bond acceptors (Lipinski definition) is 8. The average molecular weight is 442 g/mol. The molecule has 1 aromatic carbocycles. The van der Waals surface area contributed by atoms with E-state index in [2.05, 4.69) is 4.98 Å². The highest BCUT2D eigenvalue weighted by Gasteiger charge is 2.22. The molecule has 31 heavy (non-hydrogen) atoms. The van der Waals surface area contributed by atoms with Crippen LogP contribution in [-0.2, 0) is 30.3 Å². The Morgan fingerprint density at radius 1 is 1.06 bits per heavy atom. The van der Waals surface area contributed by atoms with Gasteiger partial charge in [0.05, 0.1) is 23.6 Å². The van der Waals surface area contributed by atoms with Gasteiger partial charge >= 0.3 is 11.9 Å². The van der Waals surface area contributed by atoms with E-state index in [1.807, 2.05) is 17.5 Å². The highest BCUT2D eigenvalue weighted by Crippen LogP contribution is 2.26. The van der Waals surface area contributed by atoms with Crippen molar-refractivity contribution in [3.63, 3.8) is 0 Å². The smallest absolute Gasteiger partial charge is 0.326 e. The SMILES string of the molecule is CCOC(=O)CN(C(=O)COC(=O)Cc1nc(-c2cccs2)oc1C)c1ccccc1. The first-order valence-electron chi connectivity index (χ1n) is 9.64. The number of anilines is 1. The molecule has 0 atom stereocenters. The first kappa shape index (κ1) is 22.2. The molecule has 1 amide bonds. The molecular weight excluding hydrogens is 420 g/mol. The third-order valence-electron chi connectivity index (χ3n) is 4.25. The van der Waals surface area contributed by atoms with Crippen LogP contribution in [0.5, 0.6) is 0 Å². The van der Waals surface area contributed by atoms with E-state index in [0.29, 0.717) is 23.0 Å². The molecule has 162 valence electrons. The van der Waals surface area contributed by atoms with Gasteiger partial charge < -0.3 is 13.9 Å². The number of nitrogens with zero attached hydrogens (tertiary/aromatic N) is 2. The number of thiophene rings is 1. The summed E-state index contributed by atoms with van der Waals surface area (Å²) in [6.45, 7) is 2.82. The Labute approximate surface area is 183 Å². The topological polar surface area (TPSA) is 98.9 Å². The van der Waals surface area contributed by atoms with Crippen LogP contribution in [0.4, 0.5) is 5.69 Å². The molecule has 0 saturated carbocycles. The minimum Gasteiger partial charge on any atom is -0.465 e. The Hall–Kier alpha value is -3.46. The molecule has 0 aliphatic rings. The maximum Gasteiger partial charge on any atom is 0.326 e. The van der Waals surface area contributed by atoms with Crippen LogP contribution >= 0.6 is 11.3 Å². The van der Waals surface area contributed by atoms with Gasteiger partial charge in [-0.3, -0.25) is 19.3 Å². The van der Waals surface area contributed by atoms with Gasteiger partial charge in [0.25, 0.3) is 5.91 Å². The molecule has 3 rings (SSSR count). The van der Waals surface area contributed by atoms with Crippen LogP contribution in [0.1, 0.15) is 18.4 Å². The predicted octanol–water partition coefficient (Wildman–Crippen LogP) is 3.39. The highest BCUT2D eigenvalue weighted by molar-refractivity contribution is 7.13. The van der Waals surface area contributed by atoms with Crippen LogP contribution in [0.15, 0.2) is 52.3 Å². The number of aryl methyl sites for hydroxylation is 1. The van der Waals surface area contributed by atoms with Crippen LogP contribution in [-0.4, -0.2) is 42.6 Å². The van der Waals surface area contributed by atoms with Gasteiger partial charge in [-0.15, -0.1) is 11.3 Å². The fourth-order valence-electron chi connectivity index (χ4n) is 2.77. The zero-order valence-corrected chi connectivity index (χ0v) is 18.0. The van der Waals surface area contributed by atoms with Crippen LogP contribution < -0.4 is 4.90 Å². The lowest BCUT2D eigenvalue weighted by molar-refractivity contribution is -0.147. The second-order valence-electron chi connectivity index (χ2n) is 6.46. The normalized spacial score (nSPS) is 10.5. The van der Waals surface area contributed by atoms with Crippen LogP contribution in [0.3, 0.4) is 0 Å². The number of aromatic nitrogens is 1. The fraction of sp³-hybridized carbons (Fsp3) is 0.273. The van der Waals surface area contributed by atoms with Crippen molar-refractivity contribution in [2.45, 2.75) is 20.3 Å². The minimum atomic E-state index is -0.619. The van der Waals surface area contributed by atoms with E-state index < -0.39 is 24.5 Å². The van der Waals surface area contributed by atoms with Crippen molar-refractivity contribution in [1.82, 2.24) is 4.98 Å². The monoisotopic (exact) mass is 442 g/mol. The summed E-state index contributed by atoms with van der Waals surface area (Å²) in [5, 5.41) is 1.91. The minimum absolute atomic E-state index is 0.128. The van der Waals surface area contributed by atoms with Crippen LogP contribution in [0.2, 0.25) is 0 Å². The van der Waals surface area contributed by atoms with Gasteiger partial charge in [0.2, 0.25) is 5.89 Å². The molecule has 3 aromatic rings. The number of rotatable bonds is 9. The zero-order chi connectivity index (χ0) is 22.2. The lowest BCUT2D eigenvalue weighted by atomic mass is 10.2. The van der Waals surface area contributed by atoms with E-state index >= 15 is 0 Å². The van der Waals surface area contributed by atoms with E-state index in [1.54, 1.807) is 44.2 Å². The lowest BCUT2D eigenvalue weighted by Gasteiger charge is -2.21. The number of carbonyl (C=O) groups is 3. The summed E-state index contributed by atoms with van der Waals surface area (Å²) in [5.41, 5.74) is 0.955. The largest absolute Gasteiger partial charge is 0.465 e. The molecule has 0 fully saturated rings. The second-order valence-corrected chi connectivity index (χ2v) is 7.40. The van der Waals surface area contributed by atoms with Crippen molar-refractivity contribution in [3.8, 4) is 10.8 Å². The first-order chi connectivity index (χ1) is 15.0. The summed E-state index contributed by atoms with van der Waals surface area (Å²) < 4.78 is 15.7. The molecule has 0 N–H and O–H groups in total. The molecule has 0 radical (unpaired) electrons. The Morgan fingerprint density at radius 3 is 2.52 bits per heavy atom. The maximum atomic E-state index is 12.7. The molecule has 0 bridgehead atoms. The van der Waals surface area contributed by atoms with E-state index in [-0.39, 0.29) is 19.6 Å². The van der Waals surface area contributed by atoms with Gasteiger partial charge in [-0.1, -0.05) is 24.3 Å². The summed E-state index contributed by atoms with van der Waals surface area (Å²) in [6.07, 6.45) is -0.128.